The molecule has 10 heteroatoms. The third-order valence-corrected chi connectivity index (χ3v) is 4.15. The molecule has 0 amide bonds. The first-order valence-electron chi connectivity index (χ1n) is 7.38. The number of aromatic nitrogens is 2. The SMILES string of the molecule is CCN(CC)c1cc(C(F)(F)F)nc(SCc2ccc(C(=O)[O-])o2)n1. The van der Waals surface area contributed by atoms with Gasteiger partial charge in [-0.05, 0) is 26.0 Å². The second-order valence-corrected chi connectivity index (χ2v) is 5.85. The summed E-state index contributed by atoms with van der Waals surface area (Å²) in [6.45, 7) is 4.64. The van der Waals surface area contributed by atoms with Crippen molar-refractivity contribution in [3.63, 3.8) is 0 Å². The number of furan rings is 1. The van der Waals surface area contributed by atoms with Crippen LogP contribution in [0.5, 0.6) is 0 Å². The van der Waals surface area contributed by atoms with Gasteiger partial charge in [-0.1, -0.05) is 11.8 Å². The summed E-state index contributed by atoms with van der Waals surface area (Å²) in [4.78, 5) is 20.0. The second kappa shape index (κ2) is 7.77. The van der Waals surface area contributed by atoms with Crippen molar-refractivity contribution < 1.29 is 27.5 Å². The number of alkyl halides is 3. The van der Waals surface area contributed by atoms with Crippen molar-refractivity contribution in [2.45, 2.75) is 30.9 Å². The number of carbonyl (C=O) groups excluding carboxylic acids is 1. The molecule has 0 aliphatic carbocycles. The average Bonchev–Trinajstić information content (AvgIpc) is 3.02. The summed E-state index contributed by atoms with van der Waals surface area (Å²) < 4.78 is 44.2. The Kier molecular flexibility index (Phi) is 5.93. The number of hydrogen-bond acceptors (Lipinski definition) is 7. The quantitative estimate of drug-likeness (QED) is 0.544. The molecule has 6 nitrogen and oxygen atoms in total. The zero-order valence-electron chi connectivity index (χ0n) is 13.5. The van der Waals surface area contributed by atoms with E-state index in [0.717, 1.165) is 17.8 Å². The maximum atomic E-state index is 13.1. The lowest BCUT2D eigenvalue weighted by molar-refractivity contribution is -0.257. The number of carboxylic acid groups (broad SMARTS) is 1. The minimum Gasteiger partial charge on any atom is -0.542 e. The van der Waals surface area contributed by atoms with E-state index in [9.17, 15) is 23.1 Å². The molecule has 0 N–H and O–H groups in total. The highest BCUT2D eigenvalue weighted by Crippen LogP contribution is 2.32. The van der Waals surface area contributed by atoms with E-state index >= 15 is 0 Å². The van der Waals surface area contributed by atoms with Crippen molar-refractivity contribution in [2.75, 3.05) is 18.0 Å². The van der Waals surface area contributed by atoms with Crippen LogP contribution in [0.4, 0.5) is 19.0 Å². The fourth-order valence-electron chi connectivity index (χ4n) is 2.03. The first-order valence-corrected chi connectivity index (χ1v) is 8.37. The highest BCUT2D eigenvalue weighted by molar-refractivity contribution is 7.98. The van der Waals surface area contributed by atoms with Gasteiger partial charge in [-0.2, -0.15) is 13.2 Å². The van der Waals surface area contributed by atoms with Gasteiger partial charge in [0.15, 0.2) is 10.9 Å². The van der Waals surface area contributed by atoms with Crippen LogP contribution in [0, 0.1) is 0 Å². The topological polar surface area (TPSA) is 82.3 Å². The van der Waals surface area contributed by atoms with Crippen LogP contribution < -0.4 is 10.0 Å². The third kappa shape index (κ3) is 4.88. The number of anilines is 1. The normalized spacial score (nSPS) is 11.6. The fraction of sp³-hybridized carbons (Fsp3) is 0.400. The number of nitrogens with zero attached hydrogens (tertiary/aromatic N) is 3. The van der Waals surface area contributed by atoms with Crippen LogP contribution in [0.2, 0.25) is 0 Å². The van der Waals surface area contributed by atoms with E-state index in [0.29, 0.717) is 13.1 Å². The third-order valence-electron chi connectivity index (χ3n) is 3.28. The fourth-order valence-corrected chi connectivity index (χ4v) is 2.78. The number of hydrogen-bond donors (Lipinski definition) is 0. The van der Waals surface area contributed by atoms with Crippen molar-refractivity contribution in [2.24, 2.45) is 0 Å². The highest BCUT2D eigenvalue weighted by atomic mass is 32.2. The smallest absolute Gasteiger partial charge is 0.433 e. The van der Waals surface area contributed by atoms with Crippen molar-refractivity contribution in [1.29, 1.82) is 0 Å². The monoisotopic (exact) mass is 374 g/mol. The van der Waals surface area contributed by atoms with Crippen molar-refractivity contribution in [1.82, 2.24) is 9.97 Å². The van der Waals surface area contributed by atoms with E-state index in [1.165, 1.54) is 12.1 Å². The molecule has 0 fully saturated rings. The molecule has 136 valence electrons. The molecule has 2 heterocycles. The molecule has 0 unspecified atom stereocenters. The molecule has 0 aliphatic heterocycles. The van der Waals surface area contributed by atoms with E-state index in [1.54, 1.807) is 4.90 Å². The minimum absolute atomic E-state index is 0.0666. The Morgan fingerprint density at radius 1 is 1.28 bits per heavy atom. The first-order chi connectivity index (χ1) is 11.7. The lowest BCUT2D eigenvalue weighted by Crippen LogP contribution is -2.24. The van der Waals surface area contributed by atoms with E-state index < -0.39 is 17.8 Å². The van der Waals surface area contributed by atoms with E-state index in [-0.39, 0.29) is 28.2 Å². The molecule has 0 saturated carbocycles. The number of rotatable bonds is 7. The Labute approximate surface area is 146 Å². The summed E-state index contributed by atoms with van der Waals surface area (Å²) >= 11 is 0.925. The predicted octanol–water partition coefficient (Wildman–Crippen LogP) is 2.59. The van der Waals surface area contributed by atoms with Gasteiger partial charge < -0.3 is 19.2 Å². The Morgan fingerprint density at radius 3 is 2.48 bits per heavy atom. The van der Waals surface area contributed by atoms with Gasteiger partial charge in [-0.3, -0.25) is 0 Å². The summed E-state index contributed by atoms with van der Waals surface area (Å²) in [7, 11) is 0. The second-order valence-electron chi connectivity index (χ2n) is 4.91. The standard InChI is InChI=1S/C15H16F3N3O3S/c1-3-21(4-2)12-7-11(15(16,17)18)19-14(20-12)25-8-9-5-6-10(24-9)13(22)23/h5-7H,3-4,8H2,1-2H3,(H,22,23)/p-1. The number of thioether (sulfide) groups is 1. The van der Waals surface area contributed by atoms with E-state index in [2.05, 4.69) is 9.97 Å². The molecule has 0 bridgehead atoms. The number of carbonyl (C=O) groups is 1. The van der Waals surface area contributed by atoms with Crippen molar-refractivity contribution in [3.05, 3.63) is 35.4 Å². The predicted molar refractivity (Wildman–Crippen MR) is 83.2 cm³/mol. The van der Waals surface area contributed by atoms with Crippen LogP contribution in [-0.2, 0) is 11.9 Å². The van der Waals surface area contributed by atoms with E-state index in [1.807, 2.05) is 13.8 Å². The van der Waals surface area contributed by atoms with Gasteiger partial charge in [0.1, 0.15) is 23.3 Å². The molecule has 2 aromatic rings. The average molecular weight is 374 g/mol. The maximum absolute atomic E-state index is 13.1. The molecule has 2 rings (SSSR count). The minimum atomic E-state index is -4.59. The molecular formula is C15H15F3N3O3S-. The lowest BCUT2D eigenvalue weighted by Gasteiger charge is -2.21. The summed E-state index contributed by atoms with van der Waals surface area (Å²) in [5, 5.41) is 10.6. The van der Waals surface area contributed by atoms with Gasteiger partial charge in [0.2, 0.25) is 0 Å². The Bertz CT molecular complexity index is 745. The van der Waals surface area contributed by atoms with E-state index in [4.69, 9.17) is 4.42 Å². The van der Waals surface area contributed by atoms with Gasteiger partial charge >= 0.3 is 6.18 Å². The van der Waals surface area contributed by atoms with Gasteiger partial charge in [0.25, 0.3) is 0 Å². The molecule has 0 saturated heterocycles. The van der Waals surface area contributed by atoms with Gasteiger partial charge in [-0.15, -0.1) is 0 Å². The molecule has 0 radical (unpaired) electrons. The van der Waals surface area contributed by atoms with Gasteiger partial charge in [0.05, 0.1) is 5.75 Å². The Morgan fingerprint density at radius 2 is 1.96 bits per heavy atom. The highest BCUT2D eigenvalue weighted by Gasteiger charge is 2.34. The summed E-state index contributed by atoms with van der Waals surface area (Å²) in [6, 6.07) is 3.55. The van der Waals surface area contributed by atoms with Crippen LogP contribution in [-0.4, -0.2) is 29.0 Å². The Hall–Kier alpha value is -2.23. The summed E-state index contributed by atoms with van der Waals surface area (Å²) in [5.41, 5.74) is -1.03. The van der Waals surface area contributed by atoms with Crippen LogP contribution >= 0.6 is 11.8 Å². The molecule has 2 aromatic heterocycles. The number of carboxylic acids is 1. The largest absolute Gasteiger partial charge is 0.542 e. The molecule has 25 heavy (non-hydrogen) atoms. The maximum Gasteiger partial charge on any atom is 0.433 e. The molecule has 0 spiro atoms. The van der Waals surface area contributed by atoms with Crippen molar-refractivity contribution in [3.8, 4) is 0 Å². The van der Waals surface area contributed by atoms with Crippen LogP contribution in [0.25, 0.3) is 0 Å². The van der Waals surface area contributed by atoms with Crippen LogP contribution in [0.3, 0.4) is 0 Å². The molecule has 0 aromatic carbocycles. The van der Waals surface area contributed by atoms with Crippen LogP contribution in [0.1, 0.15) is 35.9 Å². The zero-order chi connectivity index (χ0) is 18.6. The molecular weight excluding hydrogens is 359 g/mol. The Balaban J connectivity index is 2.25. The zero-order valence-corrected chi connectivity index (χ0v) is 14.3. The van der Waals surface area contributed by atoms with Gasteiger partial charge in [-0.25, -0.2) is 9.97 Å². The molecule has 0 aliphatic rings. The van der Waals surface area contributed by atoms with Crippen LogP contribution in [0.15, 0.2) is 27.8 Å². The summed E-state index contributed by atoms with van der Waals surface area (Å²) in [6.07, 6.45) is -4.59. The summed E-state index contributed by atoms with van der Waals surface area (Å²) in [5.74, 6) is -1.26. The lowest BCUT2D eigenvalue weighted by atomic mass is 10.3. The molecule has 0 atom stereocenters. The van der Waals surface area contributed by atoms with Gasteiger partial charge in [0, 0.05) is 19.2 Å². The first kappa shape index (κ1) is 19.1. The number of aromatic carboxylic acids is 1. The number of halogens is 3. The van der Waals surface area contributed by atoms with Crippen molar-refractivity contribution >= 4 is 23.5 Å².